The zero-order valence-electron chi connectivity index (χ0n) is 6.09. The van der Waals surface area contributed by atoms with Crippen LogP contribution in [-0.4, -0.2) is 19.5 Å². The Morgan fingerprint density at radius 1 is 1.70 bits per heavy atom. The second kappa shape index (κ2) is 3.15. The fraction of sp³-hybridized carbons (Fsp3) is 0.429. The quantitative estimate of drug-likeness (QED) is 0.446. The first-order chi connectivity index (χ1) is 4.84. The molecule has 0 bridgehead atoms. The largest absolute Gasteiger partial charge is 0.388 e. The predicted octanol–water partition coefficient (Wildman–Crippen LogP) is 0.940. The zero-order valence-corrected chi connectivity index (χ0v) is 6.09. The Bertz CT molecular complexity index is 191. The van der Waals surface area contributed by atoms with Crippen LogP contribution >= 0.6 is 0 Å². The maximum atomic E-state index is 3.70. The average molecular weight is 137 g/mol. The van der Waals surface area contributed by atoms with Crippen molar-refractivity contribution in [2.45, 2.75) is 13.3 Å². The molecule has 0 unspecified atom stereocenters. The summed E-state index contributed by atoms with van der Waals surface area (Å²) in [5, 5.41) is 10.3. The van der Waals surface area contributed by atoms with Crippen molar-refractivity contribution >= 4 is 12.9 Å². The fourth-order valence-electron chi connectivity index (χ4n) is 0.958. The van der Waals surface area contributed by atoms with Crippen LogP contribution in [0.2, 0.25) is 0 Å². The van der Waals surface area contributed by atoms with Crippen LogP contribution in [0.4, 0.5) is 0 Å². The highest BCUT2D eigenvalue weighted by atomic mass is 15.2. The van der Waals surface area contributed by atoms with Gasteiger partial charge in [-0.3, -0.25) is 0 Å². The van der Waals surface area contributed by atoms with E-state index in [1.807, 2.05) is 6.92 Å². The van der Waals surface area contributed by atoms with Gasteiger partial charge in [0.05, 0.1) is 6.21 Å². The van der Waals surface area contributed by atoms with Crippen LogP contribution in [0, 0.1) is 0 Å². The lowest BCUT2D eigenvalue weighted by molar-refractivity contribution is 0.874. The van der Waals surface area contributed by atoms with Crippen LogP contribution in [0.15, 0.2) is 21.5 Å². The van der Waals surface area contributed by atoms with Gasteiger partial charge in [-0.25, -0.2) is 0 Å². The van der Waals surface area contributed by atoms with E-state index in [4.69, 9.17) is 0 Å². The molecule has 0 fully saturated rings. The summed E-state index contributed by atoms with van der Waals surface area (Å²) in [7, 11) is 0. The molecule has 0 atom stereocenters. The van der Waals surface area contributed by atoms with E-state index in [1.54, 1.807) is 6.21 Å². The molecule has 10 heavy (non-hydrogen) atoms. The third-order valence-corrected chi connectivity index (χ3v) is 1.56. The van der Waals surface area contributed by atoms with Gasteiger partial charge >= 0.3 is 0 Å². The Kier molecular flexibility index (Phi) is 2.20. The van der Waals surface area contributed by atoms with Gasteiger partial charge in [-0.05, 0) is 18.9 Å². The Hall–Kier alpha value is -1.12. The summed E-state index contributed by atoms with van der Waals surface area (Å²) >= 11 is 0. The van der Waals surface area contributed by atoms with Gasteiger partial charge in [0.25, 0.3) is 0 Å². The summed E-state index contributed by atoms with van der Waals surface area (Å²) in [6, 6.07) is 0. The summed E-state index contributed by atoms with van der Waals surface area (Å²) < 4.78 is 0. The highest BCUT2D eigenvalue weighted by Gasteiger charge is 2.06. The smallest absolute Gasteiger partial charge is 0.0545 e. The molecule has 1 rings (SSSR count). The third kappa shape index (κ3) is 1.43. The van der Waals surface area contributed by atoms with Crippen molar-refractivity contribution in [2.24, 2.45) is 10.2 Å². The molecule has 54 valence electrons. The van der Waals surface area contributed by atoms with Gasteiger partial charge in [-0.1, -0.05) is 0 Å². The third-order valence-electron chi connectivity index (χ3n) is 1.56. The lowest BCUT2D eigenvalue weighted by atomic mass is 10.2. The highest BCUT2D eigenvalue weighted by Crippen LogP contribution is 2.09. The van der Waals surface area contributed by atoms with Crippen molar-refractivity contribution in [2.75, 3.05) is 6.54 Å². The van der Waals surface area contributed by atoms with E-state index in [-0.39, 0.29) is 0 Å². The maximum absolute atomic E-state index is 3.70. The highest BCUT2D eigenvalue weighted by molar-refractivity contribution is 5.80. The summed E-state index contributed by atoms with van der Waals surface area (Å²) in [5.74, 6) is 0. The maximum Gasteiger partial charge on any atom is 0.0545 e. The van der Waals surface area contributed by atoms with Crippen LogP contribution in [0.3, 0.4) is 0 Å². The number of hydrogen-bond acceptors (Lipinski definition) is 3. The van der Waals surface area contributed by atoms with E-state index < -0.39 is 0 Å². The molecule has 0 aliphatic carbocycles. The lowest BCUT2D eigenvalue weighted by Crippen LogP contribution is -2.03. The standard InChI is InChI=1S/C7H11N3/c1-6-7(3-4-9-6)5-10-8-2/h5,9H,2-4H2,1H3/b10-5-. The lowest BCUT2D eigenvalue weighted by Gasteiger charge is -1.92. The molecule has 0 amide bonds. The Labute approximate surface area is 60.5 Å². The minimum atomic E-state index is 1.02. The molecule has 3 nitrogen and oxygen atoms in total. The van der Waals surface area contributed by atoms with Gasteiger partial charge in [-0.2, -0.15) is 10.2 Å². The van der Waals surface area contributed by atoms with Gasteiger partial charge in [-0.15, -0.1) is 0 Å². The van der Waals surface area contributed by atoms with Crippen molar-refractivity contribution in [3.63, 3.8) is 0 Å². The summed E-state index contributed by atoms with van der Waals surface area (Å²) in [6.45, 7) is 6.31. The van der Waals surface area contributed by atoms with E-state index in [1.165, 1.54) is 11.3 Å². The Balaban J connectivity index is 2.62. The van der Waals surface area contributed by atoms with Crippen molar-refractivity contribution in [3.8, 4) is 0 Å². The van der Waals surface area contributed by atoms with Gasteiger partial charge in [0.1, 0.15) is 0 Å². The number of allylic oxidation sites excluding steroid dienone is 1. The van der Waals surface area contributed by atoms with E-state index >= 15 is 0 Å². The summed E-state index contributed by atoms with van der Waals surface area (Å²) in [5.41, 5.74) is 2.43. The molecular weight excluding hydrogens is 126 g/mol. The van der Waals surface area contributed by atoms with Gasteiger partial charge < -0.3 is 5.32 Å². The molecule has 1 N–H and O–H groups in total. The number of nitrogens with one attached hydrogen (secondary N) is 1. The normalized spacial score (nSPS) is 18.1. The molecule has 0 aromatic carbocycles. The molecule has 0 spiro atoms. The Morgan fingerprint density at radius 3 is 3.00 bits per heavy atom. The molecule has 0 saturated carbocycles. The van der Waals surface area contributed by atoms with E-state index in [2.05, 4.69) is 22.2 Å². The molecule has 1 aliphatic heterocycles. The monoisotopic (exact) mass is 137 g/mol. The van der Waals surface area contributed by atoms with Crippen molar-refractivity contribution < 1.29 is 0 Å². The molecule has 0 aromatic rings. The van der Waals surface area contributed by atoms with Crippen LogP contribution in [-0.2, 0) is 0 Å². The van der Waals surface area contributed by atoms with Crippen LogP contribution in [0.5, 0.6) is 0 Å². The fourth-order valence-corrected chi connectivity index (χ4v) is 0.958. The SMILES string of the molecule is C=N/N=C\C1=C(C)NCC1. The van der Waals surface area contributed by atoms with E-state index in [0.29, 0.717) is 0 Å². The average Bonchev–Trinajstić information content (AvgIpc) is 2.31. The second-order valence-electron chi connectivity index (χ2n) is 2.21. The van der Waals surface area contributed by atoms with Crippen LogP contribution in [0.1, 0.15) is 13.3 Å². The molecular formula is C7H11N3. The van der Waals surface area contributed by atoms with E-state index in [9.17, 15) is 0 Å². The Morgan fingerprint density at radius 2 is 2.50 bits per heavy atom. The number of hydrogen-bond donors (Lipinski definition) is 1. The first-order valence-corrected chi connectivity index (χ1v) is 3.27. The molecule has 1 heterocycles. The topological polar surface area (TPSA) is 36.8 Å². The molecule has 3 heteroatoms. The number of rotatable bonds is 2. The predicted molar refractivity (Wildman–Crippen MR) is 43.4 cm³/mol. The minimum Gasteiger partial charge on any atom is -0.388 e. The summed E-state index contributed by atoms with van der Waals surface area (Å²) in [6.07, 6.45) is 2.80. The molecule has 0 radical (unpaired) electrons. The summed E-state index contributed by atoms with van der Waals surface area (Å²) in [4.78, 5) is 0. The minimum absolute atomic E-state index is 1.02. The molecule has 1 aliphatic rings. The first kappa shape index (κ1) is 6.99. The van der Waals surface area contributed by atoms with Gasteiger partial charge in [0.2, 0.25) is 0 Å². The van der Waals surface area contributed by atoms with Crippen molar-refractivity contribution in [1.29, 1.82) is 0 Å². The van der Waals surface area contributed by atoms with Crippen molar-refractivity contribution in [1.82, 2.24) is 5.32 Å². The number of nitrogens with zero attached hydrogens (tertiary/aromatic N) is 2. The zero-order chi connectivity index (χ0) is 7.40. The van der Waals surface area contributed by atoms with Crippen molar-refractivity contribution in [3.05, 3.63) is 11.3 Å². The van der Waals surface area contributed by atoms with Crippen LogP contribution in [0.25, 0.3) is 0 Å². The van der Waals surface area contributed by atoms with Crippen LogP contribution < -0.4 is 5.32 Å². The van der Waals surface area contributed by atoms with Gasteiger partial charge in [0, 0.05) is 19.0 Å². The van der Waals surface area contributed by atoms with E-state index in [0.717, 1.165) is 13.0 Å². The second-order valence-corrected chi connectivity index (χ2v) is 2.21. The first-order valence-electron chi connectivity index (χ1n) is 3.27. The molecule has 0 aromatic heterocycles. The van der Waals surface area contributed by atoms with Gasteiger partial charge in [0.15, 0.2) is 0 Å². The molecule has 0 saturated heterocycles.